The predicted octanol–water partition coefficient (Wildman–Crippen LogP) is 1.41. The van der Waals surface area contributed by atoms with E-state index in [1.807, 2.05) is 49.3 Å². The molecule has 1 aliphatic heterocycles. The normalized spacial score (nSPS) is 16.2. The number of hydrogen-bond donors (Lipinski definition) is 2. The fourth-order valence-electron chi connectivity index (χ4n) is 3.43. The van der Waals surface area contributed by atoms with E-state index in [1.165, 1.54) is 0 Å². The molecule has 0 bridgehead atoms. The van der Waals surface area contributed by atoms with E-state index in [2.05, 4.69) is 15.7 Å². The van der Waals surface area contributed by atoms with Gasteiger partial charge in [0.1, 0.15) is 6.04 Å². The number of benzene rings is 1. The Morgan fingerprint density at radius 1 is 1.19 bits per heavy atom. The first-order chi connectivity index (χ1) is 13.0. The minimum absolute atomic E-state index is 0.0586. The highest BCUT2D eigenvalue weighted by Crippen LogP contribution is 2.17. The van der Waals surface area contributed by atoms with Crippen LogP contribution in [0.4, 0.5) is 0 Å². The van der Waals surface area contributed by atoms with E-state index in [4.69, 9.17) is 0 Å². The summed E-state index contributed by atoms with van der Waals surface area (Å²) in [6, 6.07) is 7.30. The predicted molar refractivity (Wildman–Crippen MR) is 103 cm³/mol. The van der Waals surface area contributed by atoms with Crippen molar-refractivity contribution in [3.05, 3.63) is 53.3 Å². The molecule has 1 atom stereocenters. The molecule has 1 aromatic heterocycles. The number of nitrogens with zero attached hydrogens (tertiary/aromatic N) is 3. The Hall–Kier alpha value is -2.67. The second-order valence-corrected chi connectivity index (χ2v) is 7.11. The standard InChI is InChI=1S/C20H27N5O2/c1-14-4-6-15(7-5-14)20(27)25-10-8-17(9-11-25)23-19(26)18(21-2)16-12-22-24(3)13-16/h4-7,12-13,17-18,21H,8-11H2,1-3H3,(H,23,26). The van der Waals surface area contributed by atoms with Crippen molar-refractivity contribution in [2.24, 2.45) is 7.05 Å². The Bertz CT molecular complexity index is 791. The number of carbonyl (C=O) groups excluding carboxylic acids is 2. The summed E-state index contributed by atoms with van der Waals surface area (Å²) < 4.78 is 1.68. The smallest absolute Gasteiger partial charge is 0.253 e. The number of piperidine rings is 1. The van der Waals surface area contributed by atoms with Crippen molar-refractivity contribution in [1.29, 1.82) is 0 Å². The Morgan fingerprint density at radius 3 is 2.41 bits per heavy atom. The molecule has 7 nitrogen and oxygen atoms in total. The third kappa shape index (κ3) is 4.54. The molecule has 7 heteroatoms. The molecule has 144 valence electrons. The molecule has 0 spiro atoms. The fourth-order valence-corrected chi connectivity index (χ4v) is 3.43. The summed E-state index contributed by atoms with van der Waals surface area (Å²) in [5, 5.41) is 10.3. The number of nitrogens with one attached hydrogen (secondary N) is 2. The number of hydrogen-bond acceptors (Lipinski definition) is 4. The van der Waals surface area contributed by atoms with Crippen LogP contribution < -0.4 is 10.6 Å². The molecule has 3 rings (SSSR count). The molecule has 1 aromatic carbocycles. The van der Waals surface area contributed by atoms with Crippen LogP contribution in [0, 0.1) is 6.92 Å². The third-order valence-corrected chi connectivity index (χ3v) is 5.04. The molecule has 2 amide bonds. The minimum atomic E-state index is -0.425. The van der Waals surface area contributed by atoms with Crippen LogP contribution in [0.15, 0.2) is 36.7 Å². The Labute approximate surface area is 159 Å². The quantitative estimate of drug-likeness (QED) is 0.835. The third-order valence-electron chi connectivity index (χ3n) is 5.04. The molecule has 1 unspecified atom stereocenters. The molecule has 2 aromatic rings. The van der Waals surface area contributed by atoms with Gasteiger partial charge in [0.15, 0.2) is 0 Å². The fraction of sp³-hybridized carbons (Fsp3) is 0.450. The lowest BCUT2D eigenvalue weighted by Gasteiger charge is -2.33. The van der Waals surface area contributed by atoms with Gasteiger partial charge in [-0.05, 0) is 38.9 Å². The van der Waals surface area contributed by atoms with Gasteiger partial charge < -0.3 is 15.5 Å². The Kier molecular flexibility index (Phi) is 5.91. The van der Waals surface area contributed by atoms with Crippen LogP contribution in [0.25, 0.3) is 0 Å². The Balaban J connectivity index is 1.53. The molecule has 0 radical (unpaired) electrons. The van der Waals surface area contributed by atoms with Crippen molar-refractivity contribution in [3.63, 3.8) is 0 Å². The monoisotopic (exact) mass is 369 g/mol. The first-order valence-electron chi connectivity index (χ1n) is 9.30. The molecule has 27 heavy (non-hydrogen) atoms. The van der Waals surface area contributed by atoms with Crippen LogP contribution in [0.1, 0.15) is 40.4 Å². The molecular weight excluding hydrogens is 342 g/mol. The SMILES string of the molecule is CNC(C(=O)NC1CCN(C(=O)c2ccc(C)cc2)CC1)c1cnn(C)c1. The molecule has 2 heterocycles. The topological polar surface area (TPSA) is 79.3 Å². The first kappa shape index (κ1) is 19.1. The van der Waals surface area contributed by atoms with Crippen LogP contribution in [0.5, 0.6) is 0 Å². The average molecular weight is 369 g/mol. The minimum Gasteiger partial charge on any atom is -0.352 e. The van der Waals surface area contributed by atoms with Crippen LogP contribution in [0.2, 0.25) is 0 Å². The maximum atomic E-state index is 12.6. The van der Waals surface area contributed by atoms with Gasteiger partial charge in [-0.1, -0.05) is 17.7 Å². The highest BCUT2D eigenvalue weighted by molar-refractivity contribution is 5.94. The van der Waals surface area contributed by atoms with Crippen LogP contribution in [-0.2, 0) is 11.8 Å². The zero-order valence-electron chi connectivity index (χ0n) is 16.1. The Morgan fingerprint density at radius 2 is 1.85 bits per heavy atom. The summed E-state index contributed by atoms with van der Waals surface area (Å²) in [5.41, 5.74) is 2.69. The summed E-state index contributed by atoms with van der Waals surface area (Å²) in [6.07, 6.45) is 5.05. The number of carbonyl (C=O) groups is 2. The number of aryl methyl sites for hydroxylation is 2. The lowest BCUT2D eigenvalue weighted by Crippen LogP contribution is -2.48. The van der Waals surface area contributed by atoms with Gasteiger partial charge in [0.05, 0.1) is 6.20 Å². The summed E-state index contributed by atoms with van der Waals surface area (Å²) >= 11 is 0. The molecule has 0 saturated carbocycles. The lowest BCUT2D eigenvalue weighted by molar-refractivity contribution is -0.124. The summed E-state index contributed by atoms with van der Waals surface area (Å²) in [4.78, 5) is 27.1. The van der Waals surface area contributed by atoms with Gasteiger partial charge in [-0.2, -0.15) is 5.10 Å². The van der Waals surface area contributed by atoms with Crippen molar-refractivity contribution >= 4 is 11.8 Å². The van der Waals surface area contributed by atoms with Crippen molar-refractivity contribution in [2.45, 2.75) is 31.8 Å². The van der Waals surface area contributed by atoms with E-state index in [-0.39, 0.29) is 17.9 Å². The van der Waals surface area contributed by atoms with Gasteiger partial charge in [0.25, 0.3) is 5.91 Å². The number of likely N-dealkylation sites (N-methyl/N-ethyl adjacent to an activating group) is 1. The summed E-state index contributed by atoms with van der Waals surface area (Å²) in [7, 11) is 3.59. The largest absolute Gasteiger partial charge is 0.352 e. The molecule has 0 aliphatic carbocycles. The highest BCUT2D eigenvalue weighted by atomic mass is 16.2. The van der Waals surface area contributed by atoms with E-state index in [1.54, 1.807) is 17.9 Å². The van der Waals surface area contributed by atoms with E-state index in [0.717, 1.165) is 29.5 Å². The van der Waals surface area contributed by atoms with Gasteiger partial charge in [-0.3, -0.25) is 14.3 Å². The molecule has 2 N–H and O–H groups in total. The van der Waals surface area contributed by atoms with Gasteiger partial charge >= 0.3 is 0 Å². The van der Waals surface area contributed by atoms with Crippen molar-refractivity contribution in [1.82, 2.24) is 25.3 Å². The second-order valence-electron chi connectivity index (χ2n) is 7.11. The number of rotatable bonds is 5. The van der Waals surface area contributed by atoms with E-state index >= 15 is 0 Å². The zero-order chi connectivity index (χ0) is 19.4. The maximum absolute atomic E-state index is 12.6. The van der Waals surface area contributed by atoms with Crippen LogP contribution in [-0.4, -0.2) is 52.7 Å². The van der Waals surface area contributed by atoms with Gasteiger partial charge in [0.2, 0.25) is 5.91 Å². The first-order valence-corrected chi connectivity index (χ1v) is 9.30. The van der Waals surface area contributed by atoms with Crippen LogP contribution in [0.3, 0.4) is 0 Å². The van der Waals surface area contributed by atoms with Crippen molar-refractivity contribution in [3.8, 4) is 0 Å². The number of aromatic nitrogens is 2. The van der Waals surface area contributed by atoms with Crippen molar-refractivity contribution < 1.29 is 9.59 Å². The zero-order valence-corrected chi connectivity index (χ0v) is 16.1. The summed E-state index contributed by atoms with van der Waals surface area (Å²) in [5.74, 6) is -0.00273. The molecule has 1 saturated heterocycles. The lowest BCUT2D eigenvalue weighted by atomic mass is 10.0. The molecular formula is C20H27N5O2. The number of likely N-dealkylation sites (tertiary alicyclic amines) is 1. The van der Waals surface area contributed by atoms with E-state index < -0.39 is 6.04 Å². The second kappa shape index (κ2) is 8.35. The van der Waals surface area contributed by atoms with Crippen molar-refractivity contribution in [2.75, 3.05) is 20.1 Å². The summed E-state index contributed by atoms with van der Waals surface area (Å²) in [6.45, 7) is 3.30. The number of amides is 2. The highest BCUT2D eigenvalue weighted by Gasteiger charge is 2.27. The molecule has 1 aliphatic rings. The maximum Gasteiger partial charge on any atom is 0.253 e. The molecule has 1 fully saturated rings. The van der Waals surface area contributed by atoms with E-state index in [0.29, 0.717) is 13.1 Å². The average Bonchev–Trinajstić information content (AvgIpc) is 3.09. The van der Waals surface area contributed by atoms with Crippen LogP contribution >= 0.6 is 0 Å². The van der Waals surface area contributed by atoms with E-state index in [9.17, 15) is 9.59 Å². The van der Waals surface area contributed by atoms with Gasteiger partial charge in [0, 0.05) is 43.5 Å². The van der Waals surface area contributed by atoms with Gasteiger partial charge in [-0.25, -0.2) is 0 Å². The van der Waals surface area contributed by atoms with Gasteiger partial charge in [-0.15, -0.1) is 0 Å².